The molecule has 0 aliphatic rings. The summed E-state index contributed by atoms with van der Waals surface area (Å²) in [5, 5.41) is 11.9. The molecule has 0 aromatic carbocycles. The van der Waals surface area contributed by atoms with Crippen LogP contribution < -0.4 is 5.32 Å². The summed E-state index contributed by atoms with van der Waals surface area (Å²) in [5.41, 5.74) is 1.31. The molecule has 0 aliphatic heterocycles. The summed E-state index contributed by atoms with van der Waals surface area (Å²) in [4.78, 5) is 0. The number of aromatic nitrogens is 1. The largest absolute Gasteiger partial charge is 0.396 e. The standard InChI is InChI=1S/C10H18N2O/c1-2-11-8-10-4-6-12(9-10)5-3-7-13/h4,6,9,11,13H,2-3,5,7-8H2,1H3. The molecular weight excluding hydrogens is 164 g/mol. The molecule has 0 atom stereocenters. The summed E-state index contributed by atoms with van der Waals surface area (Å²) in [6.45, 7) is 5.20. The van der Waals surface area contributed by atoms with Crippen LogP contribution in [0.25, 0.3) is 0 Å². The van der Waals surface area contributed by atoms with Crippen molar-refractivity contribution in [3.63, 3.8) is 0 Å². The molecule has 0 unspecified atom stereocenters. The van der Waals surface area contributed by atoms with E-state index in [9.17, 15) is 0 Å². The number of aryl methyl sites for hydroxylation is 1. The first kappa shape index (κ1) is 10.3. The van der Waals surface area contributed by atoms with Crippen molar-refractivity contribution in [1.29, 1.82) is 0 Å². The van der Waals surface area contributed by atoms with Crippen molar-refractivity contribution in [2.24, 2.45) is 0 Å². The van der Waals surface area contributed by atoms with Crippen LogP contribution in [0.2, 0.25) is 0 Å². The van der Waals surface area contributed by atoms with E-state index >= 15 is 0 Å². The van der Waals surface area contributed by atoms with E-state index in [-0.39, 0.29) is 6.61 Å². The Morgan fingerprint density at radius 2 is 2.38 bits per heavy atom. The molecule has 3 nitrogen and oxygen atoms in total. The summed E-state index contributed by atoms with van der Waals surface area (Å²) in [6, 6.07) is 2.11. The van der Waals surface area contributed by atoms with Gasteiger partial charge in [-0.1, -0.05) is 6.92 Å². The van der Waals surface area contributed by atoms with Crippen molar-refractivity contribution in [3.05, 3.63) is 24.0 Å². The Balaban J connectivity index is 2.34. The molecule has 0 radical (unpaired) electrons. The predicted molar refractivity (Wildman–Crippen MR) is 53.5 cm³/mol. The SMILES string of the molecule is CCNCc1ccn(CCCO)c1. The Hall–Kier alpha value is -0.800. The first-order valence-electron chi connectivity index (χ1n) is 4.83. The third-order valence-electron chi connectivity index (χ3n) is 1.97. The van der Waals surface area contributed by atoms with Crippen molar-refractivity contribution >= 4 is 0 Å². The average Bonchev–Trinajstić information content (AvgIpc) is 2.59. The number of hydrogen-bond acceptors (Lipinski definition) is 2. The quantitative estimate of drug-likeness (QED) is 0.688. The lowest BCUT2D eigenvalue weighted by molar-refractivity contribution is 0.280. The van der Waals surface area contributed by atoms with Gasteiger partial charge in [-0.15, -0.1) is 0 Å². The summed E-state index contributed by atoms with van der Waals surface area (Å²) in [5.74, 6) is 0. The molecule has 1 aromatic heterocycles. The molecule has 0 saturated heterocycles. The Kier molecular flexibility index (Phi) is 4.57. The first-order chi connectivity index (χ1) is 6.36. The summed E-state index contributed by atoms with van der Waals surface area (Å²) in [6.07, 6.45) is 5.01. The third kappa shape index (κ3) is 3.61. The van der Waals surface area contributed by atoms with Crippen LogP contribution in [0.4, 0.5) is 0 Å². The molecule has 0 bridgehead atoms. The zero-order valence-corrected chi connectivity index (χ0v) is 8.16. The van der Waals surface area contributed by atoms with Crippen LogP contribution in [-0.2, 0) is 13.1 Å². The fourth-order valence-corrected chi connectivity index (χ4v) is 1.26. The van der Waals surface area contributed by atoms with Gasteiger partial charge in [-0.05, 0) is 24.6 Å². The monoisotopic (exact) mass is 182 g/mol. The molecule has 0 amide bonds. The Labute approximate surface area is 79.4 Å². The maximum atomic E-state index is 8.65. The molecule has 0 saturated carbocycles. The number of aliphatic hydroxyl groups is 1. The molecule has 1 aromatic rings. The third-order valence-corrected chi connectivity index (χ3v) is 1.97. The van der Waals surface area contributed by atoms with Crippen LogP contribution in [0.15, 0.2) is 18.5 Å². The van der Waals surface area contributed by atoms with E-state index in [2.05, 4.69) is 35.3 Å². The lowest BCUT2D eigenvalue weighted by Gasteiger charge is -2.00. The molecule has 0 spiro atoms. The first-order valence-corrected chi connectivity index (χ1v) is 4.83. The highest BCUT2D eigenvalue weighted by atomic mass is 16.3. The van der Waals surface area contributed by atoms with E-state index in [1.165, 1.54) is 5.56 Å². The number of nitrogens with one attached hydrogen (secondary N) is 1. The Morgan fingerprint density at radius 3 is 3.08 bits per heavy atom. The number of hydrogen-bond donors (Lipinski definition) is 2. The van der Waals surface area contributed by atoms with Crippen LogP contribution >= 0.6 is 0 Å². The van der Waals surface area contributed by atoms with Crippen LogP contribution in [0.1, 0.15) is 18.9 Å². The lowest BCUT2D eigenvalue weighted by Crippen LogP contribution is -2.11. The van der Waals surface area contributed by atoms with E-state index in [1.54, 1.807) is 0 Å². The van der Waals surface area contributed by atoms with Gasteiger partial charge in [0.2, 0.25) is 0 Å². The van der Waals surface area contributed by atoms with Gasteiger partial charge in [0.1, 0.15) is 0 Å². The Bertz CT molecular complexity index is 210. The van der Waals surface area contributed by atoms with E-state index in [0.29, 0.717) is 0 Å². The van der Waals surface area contributed by atoms with E-state index in [1.807, 2.05) is 0 Å². The average molecular weight is 182 g/mol. The van der Waals surface area contributed by atoms with Crippen molar-refractivity contribution in [3.8, 4) is 0 Å². The van der Waals surface area contributed by atoms with E-state index in [4.69, 9.17) is 5.11 Å². The molecule has 2 N–H and O–H groups in total. The molecule has 0 aliphatic carbocycles. The minimum absolute atomic E-state index is 0.265. The second kappa shape index (κ2) is 5.78. The number of rotatable bonds is 6. The summed E-state index contributed by atoms with van der Waals surface area (Å²) < 4.78 is 2.11. The van der Waals surface area contributed by atoms with Crippen molar-refractivity contribution < 1.29 is 5.11 Å². The van der Waals surface area contributed by atoms with E-state index < -0.39 is 0 Å². The normalized spacial score (nSPS) is 10.6. The maximum Gasteiger partial charge on any atom is 0.0448 e. The summed E-state index contributed by atoms with van der Waals surface area (Å²) in [7, 11) is 0. The number of nitrogens with zero attached hydrogens (tertiary/aromatic N) is 1. The van der Waals surface area contributed by atoms with Gasteiger partial charge in [0, 0.05) is 32.1 Å². The molecule has 1 rings (SSSR count). The smallest absolute Gasteiger partial charge is 0.0448 e. The Morgan fingerprint density at radius 1 is 1.54 bits per heavy atom. The van der Waals surface area contributed by atoms with Gasteiger partial charge in [-0.25, -0.2) is 0 Å². The van der Waals surface area contributed by atoms with Crippen LogP contribution in [0, 0.1) is 0 Å². The van der Waals surface area contributed by atoms with Gasteiger partial charge in [-0.2, -0.15) is 0 Å². The molecular formula is C10H18N2O. The molecule has 3 heteroatoms. The van der Waals surface area contributed by atoms with Crippen molar-refractivity contribution in [1.82, 2.24) is 9.88 Å². The topological polar surface area (TPSA) is 37.2 Å². The second-order valence-corrected chi connectivity index (χ2v) is 3.12. The van der Waals surface area contributed by atoms with Gasteiger partial charge < -0.3 is 15.0 Å². The van der Waals surface area contributed by atoms with Gasteiger partial charge in [-0.3, -0.25) is 0 Å². The van der Waals surface area contributed by atoms with E-state index in [0.717, 1.165) is 26.1 Å². The molecule has 13 heavy (non-hydrogen) atoms. The zero-order chi connectivity index (χ0) is 9.52. The molecule has 0 fully saturated rings. The van der Waals surface area contributed by atoms with Gasteiger partial charge in [0.15, 0.2) is 0 Å². The van der Waals surface area contributed by atoms with Crippen molar-refractivity contribution in [2.75, 3.05) is 13.2 Å². The van der Waals surface area contributed by atoms with Crippen LogP contribution in [-0.4, -0.2) is 22.8 Å². The number of aliphatic hydroxyl groups excluding tert-OH is 1. The highest BCUT2D eigenvalue weighted by Crippen LogP contribution is 2.01. The second-order valence-electron chi connectivity index (χ2n) is 3.12. The fourth-order valence-electron chi connectivity index (χ4n) is 1.26. The molecule has 74 valence electrons. The maximum absolute atomic E-state index is 8.65. The lowest BCUT2D eigenvalue weighted by atomic mass is 10.3. The summed E-state index contributed by atoms with van der Waals surface area (Å²) >= 11 is 0. The zero-order valence-electron chi connectivity index (χ0n) is 8.16. The van der Waals surface area contributed by atoms with Crippen LogP contribution in [0.3, 0.4) is 0 Å². The highest BCUT2D eigenvalue weighted by molar-refractivity contribution is 5.09. The molecule has 1 heterocycles. The van der Waals surface area contributed by atoms with Gasteiger partial charge in [0.25, 0.3) is 0 Å². The highest BCUT2D eigenvalue weighted by Gasteiger charge is 1.95. The minimum Gasteiger partial charge on any atom is -0.396 e. The predicted octanol–water partition coefficient (Wildman–Crippen LogP) is 0.980. The van der Waals surface area contributed by atoms with Gasteiger partial charge in [0.05, 0.1) is 0 Å². The van der Waals surface area contributed by atoms with Crippen molar-refractivity contribution in [2.45, 2.75) is 26.4 Å². The minimum atomic E-state index is 0.265. The van der Waals surface area contributed by atoms with Gasteiger partial charge >= 0.3 is 0 Å². The fraction of sp³-hybridized carbons (Fsp3) is 0.600. The van der Waals surface area contributed by atoms with Crippen LogP contribution in [0.5, 0.6) is 0 Å².